The van der Waals surface area contributed by atoms with E-state index >= 15 is 0 Å². The third-order valence-corrected chi connectivity index (χ3v) is 2.08. The fraction of sp³-hybridized carbons (Fsp3) is 0. The number of hydrogen-bond donors (Lipinski definition) is 1. The van der Waals surface area contributed by atoms with Crippen molar-refractivity contribution in [1.82, 2.24) is 9.97 Å². The summed E-state index contributed by atoms with van der Waals surface area (Å²) in [5.74, 6) is 0. The second-order valence-corrected chi connectivity index (χ2v) is 3.24. The molecule has 0 saturated heterocycles. The number of hydrogen-bond acceptors (Lipinski definition) is 4. The molecule has 0 bridgehead atoms. The molecule has 14 heavy (non-hydrogen) atoms. The first kappa shape index (κ1) is 9.04. The summed E-state index contributed by atoms with van der Waals surface area (Å²) < 4.78 is 23.2. The molecule has 0 fully saturated rings. The van der Waals surface area contributed by atoms with Gasteiger partial charge in [0.15, 0.2) is 0 Å². The SMILES string of the molecule is O=S([O-])Nc1ccnc2cccnc12. The minimum absolute atomic E-state index is 0.434. The van der Waals surface area contributed by atoms with Gasteiger partial charge in [0.25, 0.3) is 0 Å². The molecule has 5 nitrogen and oxygen atoms in total. The lowest BCUT2D eigenvalue weighted by atomic mass is 10.3. The van der Waals surface area contributed by atoms with Crippen molar-refractivity contribution in [2.45, 2.75) is 0 Å². The van der Waals surface area contributed by atoms with E-state index in [0.717, 1.165) is 0 Å². The lowest BCUT2D eigenvalue weighted by Gasteiger charge is -2.09. The molecule has 0 aliphatic heterocycles. The quantitative estimate of drug-likeness (QED) is 0.741. The van der Waals surface area contributed by atoms with Gasteiger partial charge in [0.2, 0.25) is 0 Å². The van der Waals surface area contributed by atoms with Crippen LogP contribution in [0.2, 0.25) is 0 Å². The molecule has 0 aliphatic rings. The van der Waals surface area contributed by atoms with E-state index in [9.17, 15) is 8.76 Å². The summed E-state index contributed by atoms with van der Waals surface area (Å²) in [6, 6.07) is 5.07. The van der Waals surface area contributed by atoms with Crippen molar-refractivity contribution in [3.8, 4) is 0 Å². The molecule has 1 atom stereocenters. The fourth-order valence-corrected chi connectivity index (χ4v) is 1.50. The van der Waals surface area contributed by atoms with E-state index < -0.39 is 11.3 Å². The predicted octanol–water partition coefficient (Wildman–Crippen LogP) is 0.836. The molecule has 0 saturated carbocycles. The van der Waals surface area contributed by atoms with Crippen molar-refractivity contribution >= 4 is 28.0 Å². The summed E-state index contributed by atoms with van der Waals surface area (Å²) in [6.45, 7) is 0. The molecule has 2 aromatic rings. The van der Waals surface area contributed by atoms with Crippen molar-refractivity contribution < 1.29 is 8.76 Å². The Kier molecular flexibility index (Phi) is 2.38. The topological polar surface area (TPSA) is 77.9 Å². The van der Waals surface area contributed by atoms with Crippen LogP contribution in [0.5, 0.6) is 0 Å². The Bertz CT molecular complexity index is 483. The lowest BCUT2D eigenvalue weighted by molar-refractivity contribution is 0.542. The first-order valence-corrected chi connectivity index (χ1v) is 4.90. The van der Waals surface area contributed by atoms with Gasteiger partial charge in [-0.25, -0.2) is 0 Å². The van der Waals surface area contributed by atoms with Crippen LogP contribution in [-0.4, -0.2) is 18.7 Å². The van der Waals surface area contributed by atoms with Crippen LogP contribution in [0.15, 0.2) is 30.6 Å². The summed E-state index contributed by atoms with van der Waals surface area (Å²) in [7, 11) is 0. The van der Waals surface area contributed by atoms with Crippen molar-refractivity contribution in [2.75, 3.05) is 4.72 Å². The Morgan fingerprint density at radius 2 is 2.14 bits per heavy atom. The van der Waals surface area contributed by atoms with E-state index in [4.69, 9.17) is 0 Å². The summed E-state index contributed by atoms with van der Waals surface area (Å²) >= 11 is -2.34. The number of anilines is 1. The van der Waals surface area contributed by atoms with Crippen LogP contribution < -0.4 is 4.72 Å². The van der Waals surface area contributed by atoms with Crippen LogP contribution >= 0.6 is 0 Å². The van der Waals surface area contributed by atoms with Crippen LogP contribution in [0.25, 0.3) is 11.0 Å². The largest absolute Gasteiger partial charge is 0.755 e. The molecule has 2 rings (SSSR count). The first-order valence-electron chi connectivity index (χ1n) is 3.83. The van der Waals surface area contributed by atoms with Gasteiger partial charge in [0.1, 0.15) is 5.52 Å². The number of rotatable bonds is 2. The van der Waals surface area contributed by atoms with Crippen molar-refractivity contribution in [3.63, 3.8) is 0 Å². The Morgan fingerprint density at radius 3 is 2.93 bits per heavy atom. The molecule has 0 spiro atoms. The van der Waals surface area contributed by atoms with Crippen molar-refractivity contribution in [2.24, 2.45) is 0 Å². The lowest BCUT2D eigenvalue weighted by Crippen LogP contribution is -2.03. The minimum atomic E-state index is -2.34. The van der Waals surface area contributed by atoms with Crippen molar-refractivity contribution in [1.29, 1.82) is 0 Å². The molecule has 0 aliphatic carbocycles. The maximum absolute atomic E-state index is 10.5. The molecule has 2 aromatic heterocycles. The summed E-state index contributed by atoms with van der Waals surface area (Å²) in [5.41, 5.74) is 1.63. The van der Waals surface area contributed by atoms with Gasteiger partial charge in [-0.05, 0) is 18.2 Å². The zero-order valence-electron chi connectivity index (χ0n) is 7.01. The van der Waals surface area contributed by atoms with Crippen LogP contribution in [0.1, 0.15) is 0 Å². The van der Waals surface area contributed by atoms with Gasteiger partial charge in [-0.3, -0.25) is 14.2 Å². The van der Waals surface area contributed by atoms with Crippen LogP contribution in [0.4, 0.5) is 5.69 Å². The van der Waals surface area contributed by atoms with Gasteiger partial charge < -0.3 is 9.27 Å². The Hall–Kier alpha value is -1.53. The van der Waals surface area contributed by atoms with Crippen LogP contribution in [0, 0.1) is 0 Å². The molecule has 0 aromatic carbocycles. The maximum Gasteiger partial charge on any atom is 0.113 e. The monoisotopic (exact) mass is 208 g/mol. The van der Waals surface area contributed by atoms with E-state index in [1.165, 1.54) is 6.20 Å². The predicted molar refractivity (Wildman–Crippen MR) is 52.1 cm³/mol. The molecule has 0 amide bonds. The normalized spacial score (nSPS) is 12.6. The second kappa shape index (κ2) is 3.69. The third-order valence-electron chi connectivity index (χ3n) is 1.69. The average molecular weight is 208 g/mol. The number of nitrogens with one attached hydrogen (secondary N) is 1. The van der Waals surface area contributed by atoms with Crippen molar-refractivity contribution in [3.05, 3.63) is 30.6 Å². The molecule has 0 radical (unpaired) electrons. The fourth-order valence-electron chi connectivity index (χ4n) is 1.15. The highest BCUT2D eigenvalue weighted by atomic mass is 32.2. The minimum Gasteiger partial charge on any atom is -0.755 e. The maximum atomic E-state index is 10.5. The van der Waals surface area contributed by atoms with Gasteiger partial charge in [0, 0.05) is 23.7 Å². The highest BCUT2D eigenvalue weighted by molar-refractivity contribution is 7.80. The molecule has 72 valence electrons. The average Bonchev–Trinajstić information content (AvgIpc) is 2.18. The number of pyridine rings is 2. The molecule has 2 heterocycles. The van der Waals surface area contributed by atoms with E-state index in [1.807, 2.05) is 0 Å². The van der Waals surface area contributed by atoms with Gasteiger partial charge in [-0.15, -0.1) is 0 Å². The highest BCUT2D eigenvalue weighted by Crippen LogP contribution is 2.18. The standard InChI is InChI=1S/C8H7N3O2S/c12-14(13)11-7-3-5-9-6-2-1-4-10-8(6)7/h1-5H,(H,9,11)(H,12,13)/p-1. The summed E-state index contributed by atoms with van der Waals surface area (Å²) in [4.78, 5) is 8.08. The van der Waals surface area contributed by atoms with Gasteiger partial charge in [0.05, 0.1) is 11.2 Å². The molecular formula is C8H6N3O2S-. The summed E-state index contributed by atoms with van der Waals surface area (Å²) in [5, 5.41) is 0. The van der Waals surface area contributed by atoms with E-state index in [0.29, 0.717) is 16.7 Å². The molecule has 6 heteroatoms. The Balaban J connectivity index is 2.59. The van der Waals surface area contributed by atoms with Gasteiger partial charge in [-0.1, -0.05) is 0 Å². The summed E-state index contributed by atoms with van der Waals surface area (Å²) in [6.07, 6.45) is 3.11. The Morgan fingerprint density at radius 1 is 1.29 bits per heavy atom. The van der Waals surface area contributed by atoms with Gasteiger partial charge in [-0.2, -0.15) is 0 Å². The van der Waals surface area contributed by atoms with Crippen LogP contribution in [-0.2, 0) is 11.3 Å². The molecule has 1 unspecified atom stereocenters. The second-order valence-electron chi connectivity index (χ2n) is 2.57. The zero-order chi connectivity index (χ0) is 9.97. The van der Waals surface area contributed by atoms with Crippen LogP contribution in [0.3, 0.4) is 0 Å². The highest BCUT2D eigenvalue weighted by Gasteiger charge is 2.00. The number of nitrogens with zero attached hydrogens (tertiary/aromatic N) is 2. The third kappa shape index (κ3) is 1.70. The first-order chi connectivity index (χ1) is 6.77. The number of aromatic nitrogens is 2. The van der Waals surface area contributed by atoms with Gasteiger partial charge >= 0.3 is 0 Å². The molecule has 1 N–H and O–H groups in total. The van der Waals surface area contributed by atoms with E-state index in [1.54, 1.807) is 24.4 Å². The molecular weight excluding hydrogens is 202 g/mol. The number of fused-ring (bicyclic) bond motifs is 1. The smallest absolute Gasteiger partial charge is 0.113 e. The van der Waals surface area contributed by atoms with E-state index in [2.05, 4.69) is 14.7 Å². The zero-order valence-corrected chi connectivity index (χ0v) is 7.82. The van der Waals surface area contributed by atoms with E-state index in [-0.39, 0.29) is 0 Å². The Labute approximate surface area is 82.6 Å².